The van der Waals surface area contributed by atoms with Crippen molar-refractivity contribution in [2.45, 2.75) is 51.9 Å². The number of hydrogen-bond acceptors (Lipinski definition) is 6. The summed E-state index contributed by atoms with van der Waals surface area (Å²) >= 11 is 7.70. The largest absolute Gasteiger partial charge is 0.459 e. The molecule has 1 aliphatic heterocycles. The molecule has 0 aliphatic carbocycles. The standard InChI is InChI=1S/C25H27ClN2O4S/c1-25(2,3)32-24(30)28-14-17(12-22-27-19-13-18(26)9-10-21(19)33-22)11-20(28)23(29)31-15-16-7-5-4-6-8-16/h4-10,13,17,20H,11-12,14-15H2,1-3H3/t17-,20-/m1/s1. The van der Waals surface area contributed by atoms with Gasteiger partial charge in [-0.15, -0.1) is 11.3 Å². The molecular formula is C25H27ClN2O4S. The Balaban J connectivity index is 1.48. The van der Waals surface area contributed by atoms with Crippen molar-refractivity contribution in [1.29, 1.82) is 0 Å². The van der Waals surface area contributed by atoms with Crippen molar-refractivity contribution in [3.63, 3.8) is 0 Å². The van der Waals surface area contributed by atoms with Gasteiger partial charge in [0.1, 0.15) is 18.2 Å². The minimum absolute atomic E-state index is 0.0721. The number of likely N-dealkylation sites (tertiary alicyclic amines) is 1. The summed E-state index contributed by atoms with van der Waals surface area (Å²) in [6.45, 7) is 6.02. The Morgan fingerprint density at radius 2 is 1.94 bits per heavy atom. The van der Waals surface area contributed by atoms with Gasteiger partial charge in [0.2, 0.25) is 0 Å². The number of benzene rings is 2. The lowest BCUT2D eigenvalue weighted by atomic mass is 10.0. The highest BCUT2D eigenvalue weighted by atomic mass is 35.5. The van der Waals surface area contributed by atoms with Crippen LogP contribution in [0.15, 0.2) is 48.5 Å². The van der Waals surface area contributed by atoms with E-state index in [-0.39, 0.29) is 12.5 Å². The average Bonchev–Trinajstić information content (AvgIpc) is 3.35. The second kappa shape index (κ2) is 9.69. The zero-order valence-electron chi connectivity index (χ0n) is 18.9. The van der Waals surface area contributed by atoms with E-state index in [1.54, 1.807) is 11.3 Å². The molecule has 2 atom stereocenters. The molecule has 1 aliphatic rings. The van der Waals surface area contributed by atoms with Crippen molar-refractivity contribution < 1.29 is 19.1 Å². The number of rotatable bonds is 5. The van der Waals surface area contributed by atoms with E-state index in [9.17, 15) is 9.59 Å². The predicted octanol–water partition coefficient (Wildman–Crippen LogP) is 5.86. The minimum atomic E-state index is -0.683. The molecule has 3 aromatic rings. The second-order valence-corrected chi connectivity index (χ2v) is 10.8. The van der Waals surface area contributed by atoms with Gasteiger partial charge in [-0.05, 0) is 56.9 Å². The quantitative estimate of drug-likeness (QED) is 0.422. The highest BCUT2D eigenvalue weighted by Gasteiger charge is 2.42. The Labute approximate surface area is 202 Å². The molecule has 1 aromatic heterocycles. The molecule has 174 valence electrons. The molecule has 0 spiro atoms. The van der Waals surface area contributed by atoms with E-state index >= 15 is 0 Å². The molecule has 0 unspecified atom stereocenters. The van der Waals surface area contributed by atoms with Gasteiger partial charge in [0, 0.05) is 18.0 Å². The van der Waals surface area contributed by atoms with E-state index in [1.165, 1.54) is 4.90 Å². The van der Waals surface area contributed by atoms with Crippen molar-refractivity contribution >= 4 is 45.2 Å². The summed E-state index contributed by atoms with van der Waals surface area (Å²) in [5, 5.41) is 1.61. The fourth-order valence-corrected chi connectivity index (χ4v) is 5.15. The maximum atomic E-state index is 13.0. The molecule has 6 nitrogen and oxygen atoms in total. The molecular weight excluding hydrogens is 460 g/mol. The van der Waals surface area contributed by atoms with Gasteiger partial charge in [0.25, 0.3) is 0 Å². The second-order valence-electron chi connectivity index (χ2n) is 9.27. The summed E-state index contributed by atoms with van der Waals surface area (Å²) in [6.07, 6.45) is 0.671. The van der Waals surface area contributed by atoms with Crippen molar-refractivity contribution in [3.05, 3.63) is 64.1 Å². The maximum absolute atomic E-state index is 13.0. The third kappa shape index (κ3) is 6.03. The molecule has 33 heavy (non-hydrogen) atoms. The number of halogens is 1. The summed E-state index contributed by atoms with van der Waals surface area (Å²) in [4.78, 5) is 32.1. The van der Waals surface area contributed by atoms with Crippen LogP contribution in [-0.2, 0) is 27.3 Å². The first kappa shape index (κ1) is 23.5. The van der Waals surface area contributed by atoms with Crippen LogP contribution in [0.5, 0.6) is 0 Å². The van der Waals surface area contributed by atoms with Crippen LogP contribution in [0.1, 0.15) is 37.8 Å². The molecule has 0 N–H and O–H groups in total. The summed E-state index contributed by atoms with van der Waals surface area (Å²) in [7, 11) is 0. The van der Waals surface area contributed by atoms with E-state index < -0.39 is 23.7 Å². The normalized spacial score (nSPS) is 18.5. The molecule has 0 saturated carbocycles. The zero-order valence-corrected chi connectivity index (χ0v) is 20.5. The zero-order chi connectivity index (χ0) is 23.6. The lowest BCUT2D eigenvalue weighted by Gasteiger charge is -2.27. The van der Waals surface area contributed by atoms with Gasteiger partial charge in [-0.3, -0.25) is 4.90 Å². The molecule has 0 bridgehead atoms. The number of ether oxygens (including phenoxy) is 2. The smallest absolute Gasteiger partial charge is 0.411 e. The van der Waals surface area contributed by atoms with Crippen LogP contribution in [0.25, 0.3) is 10.2 Å². The fourth-order valence-electron chi connectivity index (χ4n) is 3.92. The molecule has 2 aromatic carbocycles. The number of fused-ring (bicyclic) bond motifs is 1. The van der Waals surface area contributed by atoms with Gasteiger partial charge in [-0.25, -0.2) is 14.6 Å². The fraction of sp³-hybridized carbons (Fsp3) is 0.400. The number of nitrogens with zero attached hydrogens (tertiary/aromatic N) is 2. The van der Waals surface area contributed by atoms with Crippen LogP contribution in [0.2, 0.25) is 5.02 Å². The van der Waals surface area contributed by atoms with Crippen LogP contribution in [0.4, 0.5) is 4.79 Å². The third-order valence-corrected chi connectivity index (χ3v) is 6.66. The van der Waals surface area contributed by atoms with Gasteiger partial charge >= 0.3 is 12.1 Å². The Kier molecular flexibility index (Phi) is 6.91. The first-order valence-electron chi connectivity index (χ1n) is 10.9. The van der Waals surface area contributed by atoms with Crippen molar-refractivity contribution in [2.24, 2.45) is 5.92 Å². The van der Waals surface area contributed by atoms with Crippen LogP contribution < -0.4 is 0 Å². The maximum Gasteiger partial charge on any atom is 0.411 e. The highest BCUT2D eigenvalue weighted by molar-refractivity contribution is 7.18. The first-order valence-corrected chi connectivity index (χ1v) is 12.1. The predicted molar refractivity (Wildman–Crippen MR) is 129 cm³/mol. The third-order valence-electron chi connectivity index (χ3n) is 5.37. The number of esters is 1. The van der Waals surface area contributed by atoms with Crippen LogP contribution >= 0.6 is 22.9 Å². The molecule has 0 radical (unpaired) electrons. The van der Waals surface area contributed by atoms with Crippen LogP contribution in [0.3, 0.4) is 0 Å². The van der Waals surface area contributed by atoms with Crippen molar-refractivity contribution in [2.75, 3.05) is 6.54 Å². The summed E-state index contributed by atoms with van der Waals surface area (Å²) in [5.41, 5.74) is 1.11. The monoisotopic (exact) mass is 486 g/mol. The summed E-state index contributed by atoms with van der Waals surface area (Å²) in [6, 6.07) is 14.5. The average molecular weight is 487 g/mol. The van der Waals surface area contributed by atoms with Crippen molar-refractivity contribution in [1.82, 2.24) is 9.88 Å². The van der Waals surface area contributed by atoms with Crippen molar-refractivity contribution in [3.8, 4) is 0 Å². The van der Waals surface area contributed by atoms with E-state index in [4.69, 9.17) is 26.1 Å². The van der Waals surface area contributed by atoms with Gasteiger partial charge in [0.15, 0.2) is 0 Å². The number of hydrogen-bond donors (Lipinski definition) is 0. The molecule has 8 heteroatoms. The number of carbonyl (C=O) groups excluding carboxylic acids is 2. The van der Waals surface area contributed by atoms with Gasteiger partial charge < -0.3 is 9.47 Å². The number of amides is 1. The molecule has 1 saturated heterocycles. The van der Waals surface area contributed by atoms with Crippen LogP contribution in [0, 0.1) is 5.92 Å². The van der Waals surface area contributed by atoms with E-state index in [2.05, 4.69) is 0 Å². The lowest BCUT2D eigenvalue weighted by molar-refractivity contribution is -0.150. The van der Waals surface area contributed by atoms with Gasteiger partial charge in [0.05, 0.1) is 15.2 Å². The van der Waals surface area contributed by atoms with E-state index in [0.29, 0.717) is 24.4 Å². The van der Waals surface area contributed by atoms with E-state index in [1.807, 2.05) is 69.3 Å². The Hall–Kier alpha value is -2.64. The SMILES string of the molecule is CC(C)(C)OC(=O)N1C[C@@H](Cc2nc3cc(Cl)ccc3s2)C[C@@H]1C(=O)OCc1ccccc1. The Morgan fingerprint density at radius 3 is 2.67 bits per heavy atom. The Morgan fingerprint density at radius 1 is 1.18 bits per heavy atom. The molecule has 2 heterocycles. The summed E-state index contributed by atoms with van der Waals surface area (Å²) < 4.78 is 12.2. The Bertz CT molecular complexity index is 1140. The molecule has 1 fully saturated rings. The highest BCUT2D eigenvalue weighted by Crippen LogP contribution is 2.32. The number of carbonyl (C=O) groups is 2. The van der Waals surface area contributed by atoms with Gasteiger partial charge in [-0.2, -0.15) is 0 Å². The van der Waals surface area contributed by atoms with Gasteiger partial charge in [-0.1, -0.05) is 41.9 Å². The molecule has 4 rings (SSSR count). The topological polar surface area (TPSA) is 68.7 Å². The summed E-state index contributed by atoms with van der Waals surface area (Å²) in [5.74, 6) is -0.342. The number of thiazole rings is 1. The first-order chi connectivity index (χ1) is 15.7. The molecule has 1 amide bonds. The van der Waals surface area contributed by atoms with E-state index in [0.717, 1.165) is 20.8 Å². The van der Waals surface area contributed by atoms with Crippen LogP contribution in [-0.4, -0.2) is 40.1 Å². The number of aromatic nitrogens is 1. The minimum Gasteiger partial charge on any atom is -0.459 e. The lowest BCUT2D eigenvalue weighted by Crippen LogP contribution is -2.44.